The summed E-state index contributed by atoms with van der Waals surface area (Å²) in [5.74, 6) is -1.51. The van der Waals surface area contributed by atoms with E-state index in [1.807, 2.05) is 0 Å². The van der Waals surface area contributed by atoms with Crippen molar-refractivity contribution >= 4 is 15.8 Å². The third kappa shape index (κ3) is 2.17. The lowest BCUT2D eigenvalue weighted by molar-refractivity contribution is -0.136. The highest BCUT2D eigenvalue weighted by Gasteiger charge is 2.32. The Labute approximate surface area is 104 Å². The average molecular weight is 264 g/mol. The fourth-order valence-electron chi connectivity index (χ4n) is 1.30. The highest BCUT2D eigenvalue weighted by molar-refractivity contribution is 7.92. The lowest BCUT2D eigenvalue weighted by Crippen LogP contribution is -2.27. The van der Waals surface area contributed by atoms with Crippen LogP contribution >= 0.6 is 0 Å². The van der Waals surface area contributed by atoms with Crippen LogP contribution in [-0.4, -0.2) is 24.7 Å². The van der Waals surface area contributed by atoms with Crippen molar-refractivity contribution in [1.82, 2.24) is 0 Å². The Hall–Kier alpha value is -2.38. The van der Waals surface area contributed by atoms with Crippen molar-refractivity contribution in [3.8, 4) is 12.1 Å². The first-order valence-corrected chi connectivity index (χ1v) is 6.30. The van der Waals surface area contributed by atoms with E-state index >= 15 is 0 Å². The first kappa shape index (κ1) is 13.7. The number of benzene rings is 1. The number of carbonyl (C=O) groups is 1. The van der Waals surface area contributed by atoms with Crippen molar-refractivity contribution in [2.75, 3.05) is 0 Å². The minimum Gasteiger partial charge on any atom is -0.480 e. The van der Waals surface area contributed by atoms with Crippen molar-refractivity contribution in [3.63, 3.8) is 0 Å². The standard InChI is InChI=1S/C11H8N2O4S/c1-7(11(14)15)18(16,17)10-4-2-3-8(5-12)9(10)6-13/h2-4,7H,1H3,(H,14,15). The largest absolute Gasteiger partial charge is 0.480 e. The first-order chi connectivity index (χ1) is 8.36. The minimum atomic E-state index is -4.19. The third-order valence-electron chi connectivity index (χ3n) is 2.38. The smallest absolute Gasteiger partial charge is 0.321 e. The van der Waals surface area contributed by atoms with Gasteiger partial charge in [0.25, 0.3) is 0 Å². The van der Waals surface area contributed by atoms with Gasteiger partial charge in [-0.05, 0) is 19.1 Å². The van der Waals surface area contributed by atoms with Crippen LogP contribution in [0.4, 0.5) is 0 Å². The zero-order chi connectivity index (χ0) is 13.9. The molecule has 0 aliphatic heterocycles. The molecule has 0 spiro atoms. The van der Waals surface area contributed by atoms with Crippen LogP contribution in [0.5, 0.6) is 0 Å². The van der Waals surface area contributed by atoms with Gasteiger partial charge in [0.2, 0.25) is 0 Å². The van der Waals surface area contributed by atoms with Crippen LogP contribution in [0.15, 0.2) is 23.1 Å². The number of sulfone groups is 1. The lowest BCUT2D eigenvalue weighted by atomic mass is 10.1. The number of carboxylic acids is 1. The molecule has 0 saturated heterocycles. The molecule has 6 nitrogen and oxygen atoms in total. The van der Waals surface area contributed by atoms with Gasteiger partial charge in [-0.1, -0.05) is 6.07 Å². The Morgan fingerprint density at radius 3 is 2.39 bits per heavy atom. The molecule has 0 amide bonds. The van der Waals surface area contributed by atoms with Crippen LogP contribution in [0.2, 0.25) is 0 Å². The fraction of sp³-hybridized carbons (Fsp3) is 0.182. The molecule has 0 radical (unpaired) electrons. The number of aliphatic carboxylic acids is 1. The molecule has 0 aliphatic carbocycles. The fourth-order valence-corrected chi connectivity index (χ4v) is 2.65. The van der Waals surface area contributed by atoms with Gasteiger partial charge in [0.05, 0.1) is 16.0 Å². The van der Waals surface area contributed by atoms with Crippen molar-refractivity contribution in [1.29, 1.82) is 10.5 Å². The molecule has 0 aromatic heterocycles. The van der Waals surface area contributed by atoms with E-state index < -0.39 is 26.0 Å². The van der Waals surface area contributed by atoms with E-state index in [1.165, 1.54) is 12.1 Å². The Bertz CT molecular complexity index is 680. The summed E-state index contributed by atoms with van der Waals surface area (Å²) >= 11 is 0. The molecule has 1 N–H and O–H groups in total. The Morgan fingerprint density at radius 1 is 1.33 bits per heavy atom. The van der Waals surface area contributed by atoms with E-state index in [0.717, 1.165) is 13.0 Å². The molecule has 1 atom stereocenters. The molecule has 1 aromatic carbocycles. The number of nitriles is 2. The van der Waals surface area contributed by atoms with Crippen LogP contribution in [0.1, 0.15) is 18.1 Å². The predicted molar refractivity (Wildman–Crippen MR) is 60.2 cm³/mol. The lowest BCUT2D eigenvalue weighted by Gasteiger charge is -2.10. The monoisotopic (exact) mass is 264 g/mol. The van der Waals surface area contributed by atoms with Crippen LogP contribution < -0.4 is 0 Å². The van der Waals surface area contributed by atoms with Gasteiger partial charge in [-0.3, -0.25) is 4.79 Å². The number of nitrogens with zero attached hydrogens (tertiary/aromatic N) is 2. The van der Waals surface area contributed by atoms with Gasteiger partial charge in [0.1, 0.15) is 12.1 Å². The van der Waals surface area contributed by atoms with E-state index in [1.54, 1.807) is 12.1 Å². The summed E-state index contributed by atoms with van der Waals surface area (Å²) in [6, 6.07) is 7.02. The first-order valence-electron chi connectivity index (χ1n) is 4.76. The maximum absolute atomic E-state index is 12.0. The normalized spacial score (nSPS) is 12.2. The van der Waals surface area contributed by atoms with E-state index in [-0.39, 0.29) is 11.1 Å². The van der Waals surface area contributed by atoms with E-state index in [4.69, 9.17) is 15.6 Å². The summed E-state index contributed by atoms with van der Waals surface area (Å²) in [6.07, 6.45) is 0. The van der Waals surface area contributed by atoms with Crippen LogP contribution in [0, 0.1) is 22.7 Å². The molecule has 1 rings (SSSR count). The van der Waals surface area contributed by atoms with Gasteiger partial charge in [-0.25, -0.2) is 8.42 Å². The molecule has 0 aliphatic rings. The summed E-state index contributed by atoms with van der Waals surface area (Å²) in [7, 11) is -4.19. The Balaban J connectivity index is 3.59. The van der Waals surface area contributed by atoms with Gasteiger partial charge < -0.3 is 5.11 Å². The molecule has 92 valence electrons. The SMILES string of the molecule is CC(C(=O)O)S(=O)(=O)c1cccc(C#N)c1C#N. The summed E-state index contributed by atoms with van der Waals surface area (Å²) in [5, 5.41) is 24.7. The van der Waals surface area contributed by atoms with Crippen LogP contribution in [-0.2, 0) is 14.6 Å². The van der Waals surface area contributed by atoms with Crippen molar-refractivity contribution in [3.05, 3.63) is 29.3 Å². The second-order valence-corrected chi connectivity index (χ2v) is 5.66. The number of rotatable bonds is 3. The Kier molecular flexibility index (Phi) is 3.70. The molecule has 0 heterocycles. The highest BCUT2D eigenvalue weighted by Crippen LogP contribution is 2.22. The van der Waals surface area contributed by atoms with Crippen molar-refractivity contribution in [2.24, 2.45) is 0 Å². The van der Waals surface area contributed by atoms with Crippen molar-refractivity contribution < 1.29 is 18.3 Å². The van der Waals surface area contributed by atoms with Gasteiger partial charge in [0.15, 0.2) is 15.1 Å². The summed E-state index contributed by atoms with van der Waals surface area (Å²) in [4.78, 5) is 10.3. The second kappa shape index (κ2) is 4.86. The molecule has 7 heteroatoms. The summed E-state index contributed by atoms with van der Waals surface area (Å²) in [6.45, 7) is 1.01. The zero-order valence-corrected chi connectivity index (χ0v) is 10.1. The molecule has 0 saturated carbocycles. The quantitative estimate of drug-likeness (QED) is 0.857. The topological polar surface area (TPSA) is 119 Å². The summed E-state index contributed by atoms with van der Waals surface area (Å²) in [5.41, 5.74) is -0.427. The van der Waals surface area contributed by atoms with Gasteiger partial charge in [0, 0.05) is 0 Å². The van der Waals surface area contributed by atoms with Gasteiger partial charge in [-0.15, -0.1) is 0 Å². The Morgan fingerprint density at radius 2 is 1.94 bits per heavy atom. The summed E-state index contributed by atoms with van der Waals surface area (Å²) < 4.78 is 24.0. The molecular formula is C11H8N2O4S. The van der Waals surface area contributed by atoms with Gasteiger partial charge >= 0.3 is 5.97 Å². The number of carboxylic acid groups (broad SMARTS) is 1. The van der Waals surface area contributed by atoms with E-state index in [9.17, 15) is 13.2 Å². The van der Waals surface area contributed by atoms with Crippen molar-refractivity contribution in [2.45, 2.75) is 17.1 Å². The predicted octanol–water partition coefficient (Wildman–Crippen LogP) is 0.677. The zero-order valence-electron chi connectivity index (χ0n) is 9.28. The van der Waals surface area contributed by atoms with Gasteiger partial charge in [-0.2, -0.15) is 10.5 Å². The molecule has 0 bridgehead atoms. The second-order valence-electron chi connectivity index (χ2n) is 3.43. The highest BCUT2D eigenvalue weighted by atomic mass is 32.2. The molecule has 18 heavy (non-hydrogen) atoms. The molecule has 0 fully saturated rings. The molecule has 1 unspecified atom stereocenters. The van der Waals surface area contributed by atoms with E-state index in [2.05, 4.69) is 0 Å². The average Bonchev–Trinajstić information content (AvgIpc) is 2.36. The van der Waals surface area contributed by atoms with E-state index in [0.29, 0.717) is 0 Å². The minimum absolute atomic E-state index is 0.101. The maximum Gasteiger partial charge on any atom is 0.321 e. The molecule has 1 aromatic rings. The number of hydrogen-bond acceptors (Lipinski definition) is 5. The number of hydrogen-bond donors (Lipinski definition) is 1. The van der Waals surface area contributed by atoms with Crippen LogP contribution in [0.3, 0.4) is 0 Å². The maximum atomic E-state index is 12.0. The third-order valence-corrected chi connectivity index (χ3v) is 4.46. The molecular weight excluding hydrogens is 256 g/mol. The van der Waals surface area contributed by atoms with Crippen LogP contribution in [0.25, 0.3) is 0 Å².